The average molecular weight is 445 g/mol. The number of piperazine rings is 1. The van der Waals surface area contributed by atoms with Crippen molar-refractivity contribution in [3.63, 3.8) is 0 Å². The fraction of sp³-hybridized carbons (Fsp3) is 0.444. The first-order valence-corrected chi connectivity index (χ1v) is 11.8. The minimum Gasteiger partial charge on any atom is -0.366 e. The van der Waals surface area contributed by atoms with E-state index in [9.17, 15) is 5.26 Å². The van der Waals surface area contributed by atoms with Crippen LogP contribution in [0.5, 0.6) is 0 Å². The normalized spacial score (nSPS) is 18.5. The second kappa shape index (κ2) is 11.1. The molecule has 1 fully saturated rings. The van der Waals surface area contributed by atoms with Gasteiger partial charge < -0.3 is 15.1 Å². The molecule has 1 saturated heterocycles. The Morgan fingerprint density at radius 3 is 2.70 bits per heavy atom. The number of benzene rings is 1. The van der Waals surface area contributed by atoms with Gasteiger partial charge >= 0.3 is 0 Å². The average Bonchev–Trinajstić information content (AvgIpc) is 2.79. The van der Waals surface area contributed by atoms with E-state index in [-0.39, 0.29) is 0 Å². The first-order valence-electron chi connectivity index (χ1n) is 11.8. The monoisotopic (exact) mass is 444 g/mol. The van der Waals surface area contributed by atoms with Gasteiger partial charge in [0, 0.05) is 48.4 Å². The number of aryl methyl sites for hydroxylation is 1. The molecule has 1 aromatic heterocycles. The number of nitrogens with one attached hydrogen (secondary N) is 1. The maximum Gasteiger partial charge on any atom is 0.156 e. The molecule has 6 heteroatoms. The summed E-state index contributed by atoms with van der Waals surface area (Å²) in [5, 5.41) is 24.0. The highest BCUT2D eigenvalue weighted by molar-refractivity contribution is 5.55. The lowest BCUT2D eigenvalue weighted by atomic mass is 10.0. The van der Waals surface area contributed by atoms with Crippen LogP contribution in [0, 0.1) is 25.2 Å². The summed E-state index contributed by atoms with van der Waals surface area (Å²) in [5.41, 5.74) is 4.94. The van der Waals surface area contributed by atoms with Crippen molar-refractivity contribution in [3.8, 4) is 6.07 Å². The molecule has 2 heterocycles. The smallest absolute Gasteiger partial charge is 0.156 e. The summed E-state index contributed by atoms with van der Waals surface area (Å²) in [6.07, 6.45) is 7.65. The number of rotatable bonds is 6. The van der Waals surface area contributed by atoms with E-state index in [0.717, 1.165) is 59.1 Å². The highest BCUT2D eigenvalue weighted by atomic mass is 15.3. The summed E-state index contributed by atoms with van der Waals surface area (Å²) in [7, 11) is 2.19. The molecule has 0 bridgehead atoms. The molecule has 0 saturated carbocycles. The molecule has 1 aliphatic rings. The SMILES string of the molecule is C/C=c1/c(C)nnc(NCc2cccc(C#N)c2C)/c1=C/C(=C/CC)N1CCN(C)CC1C. The Bertz CT molecular complexity index is 1170. The van der Waals surface area contributed by atoms with E-state index in [0.29, 0.717) is 18.2 Å². The van der Waals surface area contributed by atoms with Crippen LogP contribution < -0.4 is 15.8 Å². The Kier molecular flexibility index (Phi) is 8.24. The highest BCUT2D eigenvalue weighted by Crippen LogP contribution is 2.17. The zero-order chi connectivity index (χ0) is 24.0. The molecule has 1 atom stereocenters. The summed E-state index contributed by atoms with van der Waals surface area (Å²) < 4.78 is 0. The molecule has 1 unspecified atom stereocenters. The molecular formula is C27H36N6. The van der Waals surface area contributed by atoms with Gasteiger partial charge in [-0.15, -0.1) is 5.10 Å². The van der Waals surface area contributed by atoms with Crippen LogP contribution in [0.2, 0.25) is 0 Å². The molecule has 1 aliphatic heterocycles. The van der Waals surface area contributed by atoms with E-state index in [1.54, 1.807) is 0 Å². The topological polar surface area (TPSA) is 68.1 Å². The van der Waals surface area contributed by atoms with Crippen molar-refractivity contribution in [1.29, 1.82) is 5.26 Å². The second-order valence-corrected chi connectivity index (χ2v) is 8.79. The minimum atomic E-state index is 0.440. The van der Waals surface area contributed by atoms with E-state index >= 15 is 0 Å². The number of likely N-dealkylation sites (N-methyl/N-ethyl adjacent to an activating group) is 1. The van der Waals surface area contributed by atoms with E-state index in [4.69, 9.17) is 0 Å². The standard InChI is InChI=1S/C27H36N6/c1-7-10-24(33-14-13-32(6)18-19(33)3)15-26-25(8-2)21(5)30-31-27(26)29-17-23-12-9-11-22(16-28)20(23)4/h8-12,15,19H,7,13-14,17-18H2,1-6H3,(H,29,31)/b24-10-,25-8-,26-15+. The molecule has 2 aromatic rings. The molecule has 1 aromatic carbocycles. The van der Waals surface area contributed by atoms with Gasteiger partial charge in [0.2, 0.25) is 0 Å². The number of nitriles is 1. The van der Waals surface area contributed by atoms with Gasteiger partial charge in [0.1, 0.15) is 0 Å². The largest absolute Gasteiger partial charge is 0.366 e. The number of allylic oxidation sites excluding steroid dienone is 2. The van der Waals surface area contributed by atoms with Gasteiger partial charge in [0.25, 0.3) is 0 Å². The molecule has 1 N–H and O–H groups in total. The lowest BCUT2D eigenvalue weighted by Gasteiger charge is -2.40. The van der Waals surface area contributed by atoms with Crippen molar-refractivity contribution < 1.29 is 0 Å². The van der Waals surface area contributed by atoms with Crippen molar-refractivity contribution in [2.24, 2.45) is 0 Å². The van der Waals surface area contributed by atoms with E-state index in [1.165, 1.54) is 5.70 Å². The third kappa shape index (κ3) is 5.61. The van der Waals surface area contributed by atoms with Gasteiger partial charge in [0.15, 0.2) is 5.82 Å². The summed E-state index contributed by atoms with van der Waals surface area (Å²) in [4.78, 5) is 4.89. The van der Waals surface area contributed by atoms with Crippen molar-refractivity contribution in [2.75, 3.05) is 32.0 Å². The van der Waals surface area contributed by atoms with Gasteiger partial charge in [-0.3, -0.25) is 0 Å². The summed E-state index contributed by atoms with van der Waals surface area (Å²) >= 11 is 0. The summed E-state index contributed by atoms with van der Waals surface area (Å²) in [6.45, 7) is 14.2. The maximum absolute atomic E-state index is 9.37. The lowest BCUT2D eigenvalue weighted by molar-refractivity contribution is 0.137. The fourth-order valence-corrected chi connectivity index (χ4v) is 4.51. The zero-order valence-corrected chi connectivity index (χ0v) is 20.8. The first kappa shape index (κ1) is 24.5. The van der Waals surface area contributed by atoms with Crippen molar-refractivity contribution in [1.82, 2.24) is 20.0 Å². The number of nitrogens with zero attached hydrogens (tertiary/aromatic N) is 5. The molecule has 33 heavy (non-hydrogen) atoms. The molecule has 3 rings (SSSR count). The fourth-order valence-electron chi connectivity index (χ4n) is 4.51. The van der Waals surface area contributed by atoms with Crippen LogP contribution in [-0.2, 0) is 6.54 Å². The van der Waals surface area contributed by atoms with Crippen LogP contribution in [0.3, 0.4) is 0 Å². The van der Waals surface area contributed by atoms with Crippen LogP contribution in [0.4, 0.5) is 5.82 Å². The van der Waals surface area contributed by atoms with Crippen LogP contribution in [-0.4, -0.2) is 52.7 Å². The Morgan fingerprint density at radius 2 is 2.03 bits per heavy atom. The highest BCUT2D eigenvalue weighted by Gasteiger charge is 2.22. The van der Waals surface area contributed by atoms with E-state index in [1.807, 2.05) is 32.9 Å². The number of anilines is 1. The maximum atomic E-state index is 9.37. The number of hydrogen-bond acceptors (Lipinski definition) is 6. The Morgan fingerprint density at radius 1 is 1.24 bits per heavy atom. The van der Waals surface area contributed by atoms with Gasteiger partial charge in [-0.2, -0.15) is 10.4 Å². The predicted octanol–water partition coefficient (Wildman–Crippen LogP) is 3.09. The van der Waals surface area contributed by atoms with Gasteiger partial charge in [-0.25, -0.2) is 0 Å². The van der Waals surface area contributed by atoms with Crippen molar-refractivity contribution >= 4 is 18.0 Å². The molecular weight excluding hydrogens is 408 g/mol. The quantitative estimate of drug-likeness (QED) is 0.739. The molecule has 6 nitrogen and oxygen atoms in total. The molecule has 0 aliphatic carbocycles. The van der Waals surface area contributed by atoms with Crippen LogP contribution in [0.15, 0.2) is 30.0 Å². The zero-order valence-electron chi connectivity index (χ0n) is 20.8. The van der Waals surface area contributed by atoms with Gasteiger partial charge in [-0.1, -0.05) is 31.2 Å². The van der Waals surface area contributed by atoms with Crippen LogP contribution >= 0.6 is 0 Å². The molecule has 174 valence electrons. The Balaban J connectivity index is 2.05. The number of hydrogen-bond donors (Lipinski definition) is 1. The van der Waals surface area contributed by atoms with E-state index in [2.05, 4.69) is 76.6 Å². The molecule has 0 spiro atoms. The minimum absolute atomic E-state index is 0.440. The summed E-state index contributed by atoms with van der Waals surface area (Å²) in [5.74, 6) is 0.763. The van der Waals surface area contributed by atoms with Crippen molar-refractivity contribution in [3.05, 3.63) is 62.8 Å². The van der Waals surface area contributed by atoms with Gasteiger partial charge in [0.05, 0.1) is 17.3 Å². The van der Waals surface area contributed by atoms with E-state index < -0.39 is 0 Å². The molecule has 0 radical (unpaired) electrons. The first-order chi connectivity index (χ1) is 15.9. The number of aromatic nitrogens is 2. The Hall–Kier alpha value is -3.17. The van der Waals surface area contributed by atoms with Crippen molar-refractivity contribution in [2.45, 2.75) is 53.6 Å². The van der Waals surface area contributed by atoms with Crippen LogP contribution in [0.25, 0.3) is 12.2 Å². The van der Waals surface area contributed by atoms with Crippen LogP contribution in [0.1, 0.15) is 49.6 Å². The third-order valence-electron chi connectivity index (χ3n) is 6.40. The lowest BCUT2D eigenvalue weighted by Crippen LogP contribution is -2.49. The summed E-state index contributed by atoms with van der Waals surface area (Å²) in [6, 6.07) is 8.55. The Labute approximate surface area is 197 Å². The predicted molar refractivity (Wildman–Crippen MR) is 136 cm³/mol. The second-order valence-electron chi connectivity index (χ2n) is 8.79. The third-order valence-corrected chi connectivity index (χ3v) is 6.40. The molecule has 0 amide bonds. The van der Waals surface area contributed by atoms with Gasteiger partial charge in [-0.05, 0) is 64.4 Å².